The van der Waals surface area contributed by atoms with E-state index in [4.69, 9.17) is 0 Å². The number of carbonyl (C=O) groups excluding carboxylic acids is 1. The lowest BCUT2D eigenvalue weighted by Gasteiger charge is -2.64. The molecule has 4 heteroatoms. The molecule has 0 radical (unpaired) electrons. The number of hydrogen-bond acceptors (Lipinski definition) is 3. The predicted molar refractivity (Wildman–Crippen MR) is 121 cm³/mol. The van der Waals surface area contributed by atoms with Gasteiger partial charge < -0.3 is 10.2 Å². The van der Waals surface area contributed by atoms with Crippen LogP contribution in [0.25, 0.3) is 0 Å². The Balaban J connectivity index is 1.18. The zero-order chi connectivity index (χ0) is 21.0. The van der Waals surface area contributed by atoms with E-state index in [2.05, 4.69) is 60.3 Å². The van der Waals surface area contributed by atoms with Gasteiger partial charge in [0.05, 0.1) is 5.41 Å². The van der Waals surface area contributed by atoms with Gasteiger partial charge in [0.2, 0.25) is 5.91 Å². The van der Waals surface area contributed by atoms with Gasteiger partial charge in [-0.05, 0) is 73.4 Å². The fraction of sp³-hybridized carbons (Fsp3) is 0.731. The van der Waals surface area contributed by atoms with E-state index in [1.54, 1.807) is 0 Å². The van der Waals surface area contributed by atoms with Gasteiger partial charge in [0, 0.05) is 39.3 Å². The number of piperazine rings is 1. The molecule has 4 saturated carbocycles. The number of likely N-dealkylation sites (N-methyl/N-ethyl adjacent to an activating group) is 1. The summed E-state index contributed by atoms with van der Waals surface area (Å²) in [5, 5.41) is 3.34. The fourth-order valence-electron chi connectivity index (χ4n) is 8.10. The van der Waals surface area contributed by atoms with Gasteiger partial charge in [0.1, 0.15) is 0 Å². The Labute approximate surface area is 182 Å². The summed E-state index contributed by atoms with van der Waals surface area (Å²) in [7, 11) is 2.20. The Bertz CT molecular complexity index is 777. The highest BCUT2D eigenvalue weighted by atomic mass is 16.2. The van der Waals surface area contributed by atoms with E-state index in [1.807, 2.05) is 0 Å². The van der Waals surface area contributed by atoms with Crippen molar-refractivity contribution in [2.45, 2.75) is 65.5 Å². The molecule has 4 aliphatic carbocycles. The van der Waals surface area contributed by atoms with Crippen molar-refractivity contribution in [1.29, 1.82) is 0 Å². The van der Waals surface area contributed by atoms with Crippen LogP contribution in [0.15, 0.2) is 24.3 Å². The fourth-order valence-corrected chi connectivity index (χ4v) is 8.10. The molecule has 0 aromatic heterocycles. The normalized spacial score (nSPS) is 38.7. The summed E-state index contributed by atoms with van der Waals surface area (Å²) >= 11 is 0. The second-order valence-electron chi connectivity index (χ2n) is 12.0. The summed E-state index contributed by atoms with van der Waals surface area (Å²) in [6, 6.07) is 8.89. The average molecular weight is 410 g/mol. The first kappa shape index (κ1) is 20.5. The Morgan fingerprint density at radius 1 is 0.933 bits per heavy atom. The third-order valence-corrected chi connectivity index (χ3v) is 8.59. The summed E-state index contributed by atoms with van der Waals surface area (Å²) < 4.78 is 0. The lowest BCUT2D eigenvalue weighted by molar-refractivity contribution is -0.170. The first-order valence-corrected chi connectivity index (χ1v) is 12.0. The molecule has 30 heavy (non-hydrogen) atoms. The van der Waals surface area contributed by atoms with Crippen LogP contribution in [0.4, 0.5) is 0 Å². The lowest BCUT2D eigenvalue weighted by Crippen LogP contribution is -2.59. The Morgan fingerprint density at radius 2 is 1.53 bits per heavy atom. The number of carbonyl (C=O) groups is 1. The average Bonchev–Trinajstić information content (AvgIpc) is 2.66. The van der Waals surface area contributed by atoms with Gasteiger partial charge in [0.15, 0.2) is 0 Å². The lowest BCUT2D eigenvalue weighted by atomic mass is 9.40. The topological polar surface area (TPSA) is 35.6 Å². The van der Waals surface area contributed by atoms with Crippen LogP contribution < -0.4 is 5.32 Å². The smallest absolute Gasteiger partial charge is 0.226 e. The Hall–Kier alpha value is -1.39. The van der Waals surface area contributed by atoms with Crippen LogP contribution in [0, 0.1) is 22.2 Å². The molecule has 5 fully saturated rings. The second-order valence-corrected chi connectivity index (χ2v) is 12.0. The summed E-state index contributed by atoms with van der Waals surface area (Å²) in [6.45, 7) is 11.2. The SMILES string of the molecule is CN1CCN(Cc2ccc(CNC(=O)C34CC5CC(C)(CC(C)(C5)C3)C4)cc2)CC1. The molecule has 6 rings (SSSR count). The van der Waals surface area contributed by atoms with Gasteiger partial charge in [-0.1, -0.05) is 38.1 Å². The zero-order valence-electron chi connectivity index (χ0n) is 19.2. The third-order valence-electron chi connectivity index (χ3n) is 8.59. The first-order chi connectivity index (χ1) is 14.2. The van der Waals surface area contributed by atoms with Gasteiger partial charge in [0.25, 0.3) is 0 Å². The number of amides is 1. The van der Waals surface area contributed by atoms with Crippen LogP contribution in [0.3, 0.4) is 0 Å². The molecule has 164 valence electrons. The molecule has 2 unspecified atom stereocenters. The minimum absolute atomic E-state index is 0.107. The van der Waals surface area contributed by atoms with Gasteiger partial charge in [-0.15, -0.1) is 0 Å². The van der Waals surface area contributed by atoms with Gasteiger partial charge in [-0.2, -0.15) is 0 Å². The van der Waals surface area contributed by atoms with E-state index in [9.17, 15) is 4.79 Å². The predicted octanol–water partition coefficient (Wildman–Crippen LogP) is 4.05. The quantitative estimate of drug-likeness (QED) is 0.797. The number of nitrogens with one attached hydrogen (secondary N) is 1. The molecular formula is C26H39N3O. The molecule has 1 aliphatic heterocycles. The van der Waals surface area contributed by atoms with Crippen molar-refractivity contribution in [3.05, 3.63) is 35.4 Å². The van der Waals surface area contributed by atoms with E-state index in [-0.39, 0.29) is 5.41 Å². The third kappa shape index (κ3) is 3.93. The van der Waals surface area contributed by atoms with E-state index >= 15 is 0 Å². The molecule has 5 aliphatic rings. The van der Waals surface area contributed by atoms with Gasteiger partial charge in [-0.3, -0.25) is 9.69 Å². The van der Waals surface area contributed by atoms with E-state index in [1.165, 1.54) is 30.4 Å². The first-order valence-electron chi connectivity index (χ1n) is 12.0. The van der Waals surface area contributed by atoms with Crippen LogP contribution in [0.2, 0.25) is 0 Å². The van der Waals surface area contributed by atoms with Crippen molar-refractivity contribution in [3.8, 4) is 0 Å². The molecule has 4 bridgehead atoms. The number of benzene rings is 1. The van der Waals surface area contributed by atoms with E-state index < -0.39 is 0 Å². The molecule has 0 spiro atoms. The summed E-state index contributed by atoms with van der Waals surface area (Å²) in [4.78, 5) is 18.3. The van der Waals surface area contributed by atoms with Gasteiger partial charge >= 0.3 is 0 Å². The largest absolute Gasteiger partial charge is 0.352 e. The highest BCUT2D eigenvalue weighted by molar-refractivity contribution is 5.83. The summed E-state index contributed by atoms with van der Waals surface area (Å²) in [5.41, 5.74) is 3.25. The van der Waals surface area contributed by atoms with Crippen molar-refractivity contribution < 1.29 is 4.79 Å². The molecule has 1 amide bonds. The molecule has 4 nitrogen and oxygen atoms in total. The second kappa shape index (κ2) is 7.34. The summed E-state index contributed by atoms with van der Waals surface area (Å²) in [5.74, 6) is 1.08. The maximum absolute atomic E-state index is 13.4. The number of hydrogen-bond donors (Lipinski definition) is 1. The zero-order valence-corrected chi connectivity index (χ0v) is 19.2. The standard InChI is InChI=1S/C26H39N3O/c1-24-12-22-13-25(2,17-24)19-26(14-22,18-24)23(30)27-15-20-4-6-21(7-5-20)16-29-10-8-28(3)9-11-29/h4-7,22H,8-19H2,1-3H3,(H,27,30). The Morgan fingerprint density at radius 3 is 2.13 bits per heavy atom. The van der Waals surface area contributed by atoms with E-state index in [0.29, 0.717) is 23.3 Å². The van der Waals surface area contributed by atoms with Gasteiger partial charge in [-0.25, -0.2) is 0 Å². The highest BCUT2D eigenvalue weighted by Gasteiger charge is 2.62. The monoisotopic (exact) mass is 409 g/mol. The molecular weight excluding hydrogens is 370 g/mol. The van der Waals surface area contributed by atoms with Crippen molar-refractivity contribution in [2.24, 2.45) is 22.2 Å². The highest BCUT2D eigenvalue weighted by Crippen LogP contribution is 2.69. The number of rotatable bonds is 5. The van der Waals surface area contributed by atoms with Crippen LogP contribution >= 0.6 is 0 Å². The van der Waals surface area contributed by atoms with Crippen LogP contribution in [0.5, 0.6) is 0 Å². The minimum Gasteiger partial charge on any atom is -0.352 e. The molecule has 1 saturated heterocycles. The van der Waals surface area contributed by atoms with Crippen molar-refractivity contribution in [1.82, 2.24) is 15.1 Å². The maximum Gasteiger partial charge on any atom is 0.226 e. The molecule has 1 aromatic rings. The maximum atomic E-state index is 13.4. The number of nitrogens with zero attached hydrogens (tertiary/aromatic N) is 2. The van der Waals surface area contributed by atoms with Crippen LogP contribution in [0.1, 0.15) is 63.5 Å². The Kier molecular flexibility index (Phi) is 5.02. The van der Waals surface area contributed by atoms with Crippen molar-refractivity contribution in [2.75, 3.05) is 33.2 Å². The molecule has 1 heterocycles. The van der Waals surface area contributed by atoms with Crippen LogP contribution in [-0.2, 0) is 17.9 Å². The molecule has 1 N–H and O–H groups in total. The van der Waals surface area contributed by atoms with E-state index in [0.717, 1.165) is 57.9 Å². The van der Waals surface area contributed by atoms with Crippen molar-refractivity contribution >= 4 is 5.91 Å². The summed E-state index contributed by atoms with van der Waals surface area (Å²) in [6.07, 6.45) is 7.32. The minimum atomic E-state index is -0.107. The van der Waals surface area contributed by atoms with Crippen molar-refractivity contribution in [3.63, 3.8) is 0 Å². The molecule has 2 atom stereocenters. The molecule has 1 aromatic carbocycles. The van der Waals surface area contributed by atoms with Crippen LogP contribution in [-0.4, -0.2) is 48.9 Å².